The Balaban J connectivity index is 0.00000112. The summed E-state index contributed by atoms with van der Waals surface area (Å²) in [7, 11) is 0. The van der Waals surface area contributed by atoms with Gasteiger partial charge in [0.15, 0.2) is 0 Å². The quantitative estimate of drug-likeness (QED) is 0.846. The molecule has 1 aromatic heterocycles. The van der Waals surface area contributed by atoms with Gasteiger partial charge in [0.25, 0.3) is 0 Å². The zero-order valence-electron chi connectivity index (χ0n) is 8.50. The molecule has 2 atom stereocenters. The molecule has 1 saturated heterocycles. The Labute approximate surface area is 106 Å². The minimum Gasteiger partial charge on any atom is -0.481 e. The summed E-state index contributed by atoms with van der Waals surface area (Å²) in [6.07, 6.45) is 3.40. The Kier molecular flexibility index (Phi) is 6.33. The highest BCUT2D eigenvalue weighted by Gasteiger charge is 2.33. The predicted octanol–water partition coefficient (Wildman–Crippen LogP) is 1.31. The predicted molar refractivity (Wildman–Crippen MR) is 65.5 cm³/mol. The Bertz CT molecular complexity index is 335. The van der Waals surface area contributed by atoms with Crippen LogP contribution in [0.1, 0.15) is 11.5 Å². The Morgan fingerprint density at radius 3 is 2.50 bits per heavy atom. The first-order valence-corrected chi connectivity index (χ1v) is 4.62. The number of hydrogen-bond acceptors (Lipinski definition) is 3. The van der Waals surface area contributed by atoms with Crippen LogP contribution < -0.4 is 5.32 Å². The van der Waals surface area contributed by atoms with Crippen LogP contribution in [0.15, 0.2) is 24.5 Å². The largest absolute Gasteiger partial charge is 0.481 e. The number of carboxylic acid groups (broad SMARTS) is 1. The van der Waals surface area contributed by atoms with Crippen molar-refractivity contribution in [1.29, 1.82) is 0 Å². The van der Waals surface area contributed by atoms with Crippen LogP contribution >= 0.6 is 24.8 Å². The van der Waals surface area contributed by atoms with Crippen LogP contribution in [-0.2, 0) is 4.79 Å². The van der Waals surface area contributed by atoms with Gasteiger partial charge >= 0.3 is 5.97 Å². The van der Waals surface area contributed by atoms with Gasteiger partial charge in [0, 0.05) is 31.4 Å². The molecule has 1 fully saturated rings. The van der Waals surface area contributed by atoms with Crippen molar-refractivity contribution in [3.05, 3.63) is 30.1 Å². The first kappa shape index (κ1) is 15.2. The minimum atomic E-state index is -0.725. The number of rotatable bonds is 2. The molecule has 6 heteroatoms. The van der Waals surface area contributed by atoms with Gasteiger partial charge in [-0.2, -0.15) is 0 Å². The van der Waals surface area contributed by atoms with E-state index < -0.39 is 5.97 Å². The molecule has 2 rings (SSSR count). The van der Waals surface area contributed by atoms with Crippen molar-refractivity contribution < 1.29 is 9.90 Å². The van der Waals surface area contributed by atoms with Crippen molar-refractivity contribution in [2.45, 2.75) is 5.92 Å². The van der Waals surface area contributed by atoms with E-state index in [1.807, 2.05) is 12.1 Å². The van der Waals surface area contributed by atoms with Crippen molar-refractivity contribution in [3.63, 3.8) is 0 Å². The Morgan fingerprint density at radius 2 is 1.94 bits per heavy atom. The zero-order chi connectivity index (χ0) is 9.97. The van der Waals surface area contributed by atoms with Gasteiger partial charge in [-0.15, -0.1) is 24.8 Å². The molecule has 1 aliphatic rings. The third-order valence-corrected chi connectivity index (χ3v) is 2.67. The fourth-order valence-corrected chi connectivity index (χ4v) is 1.90. The molecule has 0 spiro atoms. The number of hydrogen-bond donors (Lipinski definition) is 2. The molecule has 1 aliphatic heterocycles. The van der Waals surface area contributed by atoms with Crippen LogP contribution in [0.4, 0.5) is 0 Å². The van der Waals surface area contributed by atoms with Crippen molar-refractivity contribution in [3.8, 4) is 0 Å². The number of carboxylic acids is 1. The van der Waals surface area contributed by atoms with Gasteiger partial charge < -0.3 is 10.4 Å². The molecule has 0 radical (unpaired) electrons. The molecule has 0 saturated carbocycles. The van der Waals surface area contributed by atoms with Crippen LogP contribution in [0.3, 0.4) is 0 Å². The highest BCUT2D eigenvalue weighted by atomic mass is 35.5. The van der Waals surface area contributed by atoms with Gasteiger partial charge in [-0.3, -0.25) is 9.78 Å². The summed E-state index contributed by atoms with van der Waals surface area (Å²) in [5, 5.41) is 12.1. The number of halogens is 2. The van der Waals surface area contributed by atoms with Crippen LogP contribution in [-0.4, -0.2) is 29.1 Å². The summed E-state index contributed by atoms with van der Waals surface area (Å²) in [4.78, 5) is 14.8. The lowest BCUT2D eigenvalue weighted by Gasteiger charge is -2.14. The molecule has 2 N–H and O–H groups in total. The average molecular weight is 265 g/mol. The molecule has 0 amide bonds. The smallest absolute Gasteiger partial charge is 0.308 e. The molecule has 0 aliphatic carbocycles. The van der Waals surface area contributed by atoms with Crippen LogP contribution in [0, 0.1) is 5.92 Å². The minimum absolute atomic E-state index is 0. The third-order valence-electron chi connectivity index (χ3n) is 2.67. The summed E-state index contributed by atoms with van der Waals surface area (Å²) >= 11 is 0. The number of carbonyl (C=O) groups is 1. The molecular weight excluding hydrogens is 251 g/mol. The topological polar surface area (TPSA) is 62.2 Å². The summed E-state index contributed by atoms with van der Waals surface area (Å²) in [6.45, 7) is 1.29. The SMILES string of the molecule is Cl.Cl.O=C(O)[C@@H]1CNC[C@@H]1c1ccncc1. The molecule has 0 bridgehead atoms. The molecule has 2 heterocycles. The van der Waals surface area contributed by atoms with E-state index in [0.717, 1.165) is 12.1 Å². The van der Waals surface area contributed by atoms with Crippen LogP contribution in [0.5, 0.6) is 0 Å². The number of nitrogens with one attached hydrogen (secondary N) is 1. The fourth-order valence-electron chi connectivity index (χ4n) is 1.90. The standard InChI is InChI=1S/C10H12N2O2.2ClH/c13-10(14)9-6-12-5-8(9)7-1-3-11-4-2-7;;/h1-4,8-9,12H,5-6H2,(H,13,14);2*1H/t8-,9-;;/m1../s1. The lowest BCUT2D eigenvalue weighted by Crippen LogP contribution is -2.20. The van der Waals surface area contributed by atoms with Gasteiger partial charge in [-0.1, -0.05) is 0 Å². The molecule has 0 unspecified atom stereocenters. The van der Waals surface area contributed by atoms with Gasteiger partial charge in [-0.25, -0.2) is 0 Å². The molecule has 4 nitrogen and oxygen atoms in total. The number of aromatic nitrogens is 1. The van der Waals surface area contributed by atoms with Gasteiger partial charge in [0.1, 0.15) is 0 Å². The number of aliphatic carboxylic acids is 1. The number of pyridine rings is 1. The summed E-state index contributed by atoms with van der Waals surface area (Å²) in [5.74, 6) is -0.954. The van der Waals surface area contributed by atoms with Crippen LogP contribution in [0.25, 0.3) is 0 Å². The second-order valence-electron chi connectivity index (χ2n) is 3.49. The maximum atomic E-state index is 10.9. The van der Waals surface area contributed by atoms with E-state index in [4.69, 9.17) is 5.11 Å². The van der Waals surface area contributed by atoms with Crippen molar-refractivity contribution in [1.82, 2.24) is 10.3 Å². The first-order valence-electron chi connectivity index (χ1n) is 4.62. The molecule has 0 aromatic carbocycles. The van der Waals surface area contributed by atoms with E-state index >= 15 is 0 Å². The van der Waals surface area contributed by atoms with Gasteiger partial charge in [0.2, 0.25) is 0 Å². The van der Waals surface area contributed by atoms with Gasteiger partial charge in [-0.05, 0) is 17.7 Å². The van der Waals surface area contributed by atoms with E-state index in [1.165, 1.54) is 0 Å². The fraction of sp³-hybridized carbons (Fsp3) is 0.400. The van der Waals surface area contributed by atoms with Crippen LogP contribution in [0.2, 0.25) is 0 Å². The maximum absolute atomic E-state index is 10.9. The highest BCUT2D eigenvalue weighted by Crippen LogP contribution is 2.27. The second-order valence-corrected chi connectivity index (χ2v) is 3.49. The summed E-state index contributed by atoms with van der Waals surface area (Å²) < 4.78 is 0. The number of nitrogens with zero attached hydrogens (tertiary/aromatic N) is 1. The Morgan fingerprint density at radius 1 is 1.31 bits per heavy atom. The van der Waals surface area contributed by atoms with E-state index in [9.17, 15) is 4.79 Å². The van der Waals surface area contributed by atoms with Crippen molar-refractivity contribution >= 4 is 30.8 Å². The van der Waals surface area contributed by atoms with E-state index in [2.05, 4.69) is 10.3 Å². The third kappa shape index (κ3) is 3.07. The molecule has 16 heavy (non-hydrogen) atoms. The maximum Gasteiger partial charge on any atom is 0.308 e. The molecular formula is C10H14Cl2N2O2. The van der Waals surface area contributed by atoms with Crippen molar-refractivity contribution in [2.24, 2.45) is 5.92 Å². The molecule has 90 valence electrons. The summed E-state index contributed by atoms with van der Waals surface area (Å²) in [5.41, 5.74) is 1.05. The van der Waals surface area contributed by atoms with Crippen molar-refractivity contribution in [2.75, 3.05) is 13.1 Å². The van der Waals surface area contributed by atoms with E-state index in [-0.39, 0.29) is 36.6 Å². The lowest BCUT2D eigenvalue weighted by atomic mass is 9.90. The van der Waals surface area contributed by atoms with E-state index in [0.29, 0.717) is 6.54 Å². The summed E-state index contributed by atoms with van der Waals surface area (Å²) in [6, 6.07) is 3.77. The van der Waals surface area contributed by atoms with Gasteiger partial charge in [0.05, 0.1) is 5.92 Å². The Hall–Kier alpha value is -0.840. The molecule has 1 aromatic rings. The highest BCUT2D eigenvalue weighted by molar-refractivity contribution is 5.85. The normalized spacial score (nSPS) is 23.0. The van der Waals surface area contributed by atoms with E-state index in [1.54, 1.807) is 12.4 Å². The second kappa shape index (κ2) is 6.68. The zero-order valence-corrected chi connectivity index (χ0v) is 10.1. The first-order chi connectivity index (χ1) is 6.79. The average Bonchev–Trinajstić information content (AvgIpc) is 2.67. The monoisotopic (exact) mass is 264 g/mol. The lowest BCUT2D eigenvalue weighted by molar-refractivity contribution is -0.141.